The summed E-state index contributed by atoms with van der Waals surface area (Å²) in [5.74, 6) is -1.34. The van der Waals surface area contributed by atoms with E-state index in [1.54, 1.807) is 0 Å². The van der Waals surface area contributed by atoms with E-state index in [0.29, 0.717) is 12.8 Å². The van der Waals surface area contributed by atoms with Crippen LogP contribution >= 0.6 is 0 Å². The number of unbranched alkanes of at least 4 members (excludes halogenated alkanes) is 18. The van der Waals surface area contributed by atoms with E-state index in [1.807, 2.05) is 0 Å². The molecule has 0 atom stereocenters. The van der Waals surface area contributed by atoms with Crippen molar-refractivity contribution in [2.45, 2.75) is 168 Å². The van der Waals surface area contributed by atoms with Crippen LogP contribution in [0.15, 0.2) is 48.6 Å². The molecule has 4 heteroatoms. The minimum Gasteiger partial charge on any atom is -0.481 e. The fourth-order valence-corrected chi connectivity index (χ4v) is 4.21. The van der Waals surface area contributed by atoms with Gasteiger partial charge in [-0.25, -0.2) is 0 Å². The average molecular weight is 561 g/mol. The third-order valence-corrected chi connectivity index (χ3v) is 6.74. The van der Waals surface area contributed by atoms with Crippen molar-refractivity contribution >= 4 is 11.9 Å². The summed E-state index contributed by atoms with van der Waals surface area (Å²) in [5.41, 5.74) is 0. The third-order valence-electron chi connectivity index (χ3n) is 6.74. The number of aliphatic carboxylic acids is 2. The van der Waals surface area contributed by atoms with Crippen molar-refractivity contribution in [1.82, 2.24) is 0 Å². The molecule has 0 aromatic heterocycles. The first-order valence-corrected chi connectivity index (χ1v) is 16.6. The number of carbonyl (C=O) groups is 2. The number of carboxylic acid groups (broad SMARTS) is 2. The Labute approximate surface area is 248 Å². The highest BCUT2D eigenvalue weighted by atomic mass is 16.4. The molecule has 0 unspecified atom stereocenters. The topological polar surface area (TPSA) is 74.6 Å². The lowest BCUT2D eigenvalue weighted by Crippen LogP contribution is -1.93. The predicted molar refractivity (Wildman–Crippen MR) is 174 cm³/mol. The molecule has 0 heterocycles. The maximum Gasteiger partial charge on any atom is 0.303 e. The van der Waals surface area contributed by atoms with Gasteiger partial charge < -0.3 is 10.2 Å². The summed E-state index contributed by atoms with van der Waals surface area (Å²) in [6.07, 6.45) is 44.6. The van der Waals surface area contributed by atoms with Crippen LogP contribution in [-0.2, 0) is 9.59 Å². The van der Waals surface area contributed by atoms with Gasteiger partial charge in [0.2, 0.25) is 0 Å². The molecule has 2 N–H and O–H groups in total. The molecule has 0 spiro atoms. The van der Waals surface area contributed by atoms with Gasteiger partial charge in [0.15, 0.2) is 0 Å². The molecule has 0 bridgehead atoms. The number of hydrogen-bond acceptors (Lipinski definition) is 2. The lowest BCUT2D eigenvalue weighted by Gasteiger charge is -1.97. The summed E-state index contributed by atoms with van der Waals surface area (Å²) in [5, 5.41) is 17.0. The van der Waals surface area contributed by atoms with Gasteiger partial charge in [-0.15, -0.1) is 0 Å². The van der Waals surface area contributed by atoms with E-state index in [4.69, 9.17) is 10.2 Å². The molecule has 0 radical (unpaired) electrons. The molecule has 0 aliphatic rings. The Morgan fingerprint density at radius 2 is 0.650 bits per heavy atom. The molecule has 0 rings (SSSR count). The monoisotopic (exact) mass is 560 g/mol. The number of hydrogen-bond donors (Lipinski definition) is 2. The highest BCUT2D eigenvalue weighted by molar-refractivity contribution is 5.66. The van der Waals surface area contributed by atoms with Crippen LogP contribution in [0.25, 0.3) is 0 Å². The molecule has 0 amide bonds. The van der Waals surface area contributed by atoms with Crippen LogP contribution in [0.1, 0.15) is 168 Å². The lowest BCUT2D eigenvalue weighted by molar-refractivity contribution is -0.138. The van der Waals surface area contributed by atoms with Gasteiger partial charge in [0.1, 0.15) is 0 Å². The Balaban J connectivity index is 0. The predicted octanol–water partition coefficient (Wildman–Crippen LogP) is 11.8. The zero-order valence-corrected chi connectivity index (χ0v) is 26.3. The Morgan fingerprint density at radius 3 is 0.925 bits per heavy atom. The molecule has 0 saturated carbocycles. The van der Waals surface area contributed by atoms with Crippen molar-refractivity contribution in [1.29, 1.82) is 0 Å². The zero-order valence-electron chi connectivity index (χ0n) is 26.3. The number of carboxylic acids is 2. The van der Waals surface area contributed by atoms with E-state index < -0.39 is 11.9 Å². The van der Waals surface area contributed by atoms with Crippen LogP contribution in [0.5, 0.6) is 0 Å². The van der Waals surface area contributed by atoms with Crippen LogP contribution in [0.4, 0.5) is 0 Å². The molecular weight excluding hydrogens is 496 g/mol. The third kappa shape index (κ3) is 43.0. The summed E-state index contributed by atoms with van der Waals surface area (Å²) in [6.45, 7) is 4.48. The molecule has 0 aromatic rings. The molecule has 0 aliphatic heterocycles. The minimum absolute atomic E-state index is 0.322. The van der Waals surface area contributed by atoms with Gasteiger partial charge in [-0.1, -0.05) is 140 Å². The van der Waals surface area contributed by atoms with E-state index in [1.165, 1.54) is 89.9 Å². The molecule has 4 nitrogen and oxygen atoms in total. The van der Waals surface area contributed by atoms with Crippen molar-refractivity contribution < 1.29 is 19.8 Å². The second kappa shape index (κ2) is 36.9. The summed E-state index contributed by atoms with van der Waals surface area (Å²) >= 11 is 0. The Morgan fingerprint density at radius 1 is 0.400 bits per heavy atom. The highest BCUT2D eigenvalue weighted by Gasteiger charge is 1.96. The van der Waals surface area contributed by atoms with Gasteiger partial charge >= 0.3 is 11.9 Å². The minimum atomic E-state index is -0.672. The smallest absolute Gasteiger partial charge is 0.303 e. The van der Waals surface area contributed by atoms with Crippen LogP contribution in [0.2, 0.25) is 0 Å². The summed E-state index contributed by atoms with van der Waals surface area (Å²) in [7, 11) is 0. The maximum atomic E-state index is 10.3. The maximum absolute atomic E-state index is 10.3. The molecule has 40 heavy (non-hydrogen) atoms. The highest BCUT2D eigenvalue weighted by Crippen LogP contribution is 2.09. The van der Waals surface area contributed by atoms with E-state index in [2.05, 4.69) is 62.5 Å². The lowest BCUT2D eigenvalue weighted by atomic mass is 10.1. The second-order valence-electron chi connectivity index (χ2n) is 10.8. The SMILES string of the molecule is CCCCCC/C=C/C=C\CCCCCCCC(=O)O.CCCCCC/C=C/C=C\CCCCCCCC(=O)O. The molecule has 0 aromatic carbocycles. The summed E-state index contributed by atoms with van der Waals surface area (Å²) in [6, 6.07) is 0. The molecule has 0 aliphatic carbocycles. The fraction of sp³-hybridized carbons (Fsp3) is 0.722. The number of rotatable bonds is 28. The normalized spacial score (nSPS) is 11.7. The van der Waals surface area contributed by atoms with Crippen LogP contribution in [0, 0.1) is 0 Å². The Hall–Kier alpha value is -2.10. The number of allylic oxidation sites excluding steroid dienone is 8. The van der Waals surface area contributed by atoms with Gasteiger partial charge in [-0.3, -0.25) is 9.59 Å². The quantitative estimate of drug-likeness (QED) is 0.0737. The first-order valence-electron chi connectivity index (χ1n) is 16.6. The molecular formula is C36H64O4. The van der Waals surface area contributed by atoms with Crippen LogP contribution in [0.3, 0.4) is 0 Å². The van der Waals surface area contributed by atoms with Crippen LogP contribution < -0.4 is 0 Å². The van der Waals surface area contributed by atoms with E-state index in [0.717, 1.165) is 51.4 Å². The zero-order chi connectivity index (χ0) is 29.8. The first-order chi connectivity index (χ1) is 19.5. The van der Waals surface area contributed by atoms with Gasteiger partial charge in [-0.2, -0.15) is 0 Å². The average Bonchev–Trinajstić information content (AvgIpc) is 2.93. The second-order valence-corrected chi connectivity index (χ2v) is 10.8. The van der Waals surface area contributed by atoms with Crippen molar-refractivity contribution in [3.05, 3.63) is 48.6 Å². The molecule has 232 valence electrons. The van der Waals surface area contributed by atoms with Gasteiger partial charge in [0.05, 0.1) is 0 Å². The largest absolute Gasteiger partial charge is 0.481 e. The Kier molecular flexibility index (Phi) is 36.9. The van der Waals surface area contributed by atoms with Crippen molar-refractivity contribution in [2.24, 2.45) is 0 Å². The molecule has 0 saturated heterocycles. The van der Waals surface area contributed by atoms with E-state index in [-0.39, 0.29) is 0 Å². The van der Waals surface area contributed by atoms with Crippen LogP contribution in [-0.4, -0.2) is 22.2 Å². The summed E-state index contributed by atoms with van der Waals surface area (Å²) < 4.78 is 0. The first kappa shape index (κ1) is 40.0. The Bertz CT molecular complexity index is 589. The van der Waals surface area contributed by atoms with E-state index in [9.17, 15) is 9.59 Å². The van der Waals surface area contributed by atoms with Crippen molar-refractivity contribution in [3.63, 3.8) is 0 Å². The van der Waals surface area contributed by atoms with Gasteiger partial charge in [-0.05, 0) is 64.2 Å². The molecule has 0 fully saturated rings. The van der Waals surface area contributed by atoms with Crippen molar-refractivity contribution in [2.75, 3.05) is 0 Å². The van der Waals surface area contributed by atoms with E-state index >= 15 is 0 Å². The van der Waals surface area contributed by atoms with Crippen molar-refractivity contribution in [3.8, 4) is 0 Å². The standard InChI is InChI=1S/2C18H32O2/c2*1-2-3-4-5-6-7-8-9-10-11-12-13-14-15-16-17-18(19)20/h2*7-10H,2-6,11-17H2,1H3,(H,19,20)/b2*8-7+,10-9-. The van der Waals surface area contributed by atoms with Gasteiger partial charge in [0, 0.05) is 12.8 Å². The van der Waals surface area contributed by atoms with Gasteiger partial charge in [0.25, 0.3) is 0 Å². The summed E-state index contributed by atoms with van der Waals surface area (Å²) in [4.78, 5) is 20.6. The fourth-order valence-electron chi connectivity index (χ4n) is 4.21.